The molecule has 1 amide bonds. The van der Waals surface area contributed by atoms with Crippen LogP contribution in [0.1, 0.15) is 15.4 Å². The lowest BCUT2D eigenvalue weighted by molar-refractivity contribution is 0.0950. The van der Waals surface area contributed by atoms with Crippen LogP contribution >= 0.6 is 11.3 Å². The number of benzene rings is 1. The smallest absolute Gasteiger partial charge is 0.280 e. The van der Waals surface area contributed by atoms with Crippen molar-refractivity contribution in [3.63, 3.8) is 0 Å². The summed E-state index contributed by atoms with van der Waals surface area (Å²) in [5.74, 6) is 0.472. The van der Waals surface area contributed by atoms with Gasteiger partial charge in [0.2, 0.25) is 0 Å². The van der Waals surface area contributed by atoms with Crippen LogP contribution in [-0.2, 0) is 11.3 Å². The van der Waals surface area contributed by atoms with Gasteiger partial charge in [0.05, 0.1) is 30.7 Å². The molecule has 0 bridgehead atoms. The highest BCUT2D eigenvalue weighted by Gasteiger charge is 2.21. The number of fused-ring (bicyclic) bond motifs is 1. The molecule has 0 atom stereocenters. The molecule has 0 spiro atoms. The number of hydrogen-bond donors (Lipinski definition) is 1. The zero-order valence-corrected chi connectivity index (χ0v) is 15.8. The van der Waals surface area contributed by atoms with Gasteiger partial charge in [0, 0.05) is 32.0 Å². The number of hydrogen-bond acceptors (Lipinski definition) is 7. The second-order valence-corrected chi connectivity index (χ2v) is 7.13. The van der Waals surface area contributed by atoms with Crippen LogP contribution in [-0.4, -0.2) is 49.3 Å². The maximum atomic E-state index is 12.6. The Bertz CT molecular complexity index is 939. The van der Waals surface area contributed by atoms with Crippen molar-refractivity contribution in [3.8, 4) is 5.75 Å². The van der Waals surface area contributed by atoms with Gasteiger partial charge in [-0.1, -0.05) is 6.07 Å². The third-order valence-corrected chi connectivity index (χ3v) is 5.50. The first-order valence-corrected chi connectivity index (χ1v) is 9.55. The maximum Gasteiger partial charge on any atom is 0.280 e. The van der Waals surface area contributed by atoms with Gasteiger partial charge >= 0.3 is 0 Å². The highest BCUT2D eigenvalue weighted by Crippen LogP contribution is 2.37. The molecular weight excluding hydrogens is 364 g/mol. The first-order valence-electron chi connectivity index (χ1n) is 8.73. The lowest BCUT2D eigenvalue weighted by atomic mass is 10.2. The fourth-order valence-electron chi connectivity index (χ4n) is 3.05. The van der Waals surface area contributed by atoms with E-state index >= 15 is 0 Å². The quantitative estimate of drug-likeness (QED) is 0.728. The molecule has 8 heteroatoms. The van der Waals surface area contributed by atoms with Gasteiger partial charge in [0.1, 0.15) is 11.3 Å². The van der Waals surface area contributed by atoms with E-state index in [0.717, 1.165) is 34.6 Å². The molecule has 0 aliphatic carbocycles. The molecule has 0 saturated carbocycles. The first-order chi connectivity index (χ1) is 13.3. The Labute approximate surface area is 160 Å². The Morgan fingerprint density at radius 2 is 2.19 bits per heavy atom. The van der Waals surface area contributed by atoms with E-state index in [9.17, 15) is 4.79 Å². The molecule has 2 aromatic heterocycles. The molecule has 27 heavy (non-hydrogen) atoms. The normalized spacial score (nSPS) is 14.3. The number of thiazole rings is 1. The predicted molar refractivity (Wildman–Crippen MR) is 105 cm³/mol. The average molecular weight is 384 g/mol. The fourth-order valence-corrected chi connectivity index (χ4v) is 4.09. The lowest BCUT2D eigenvalue weighted by Gasteiger charge is -2.29. The largest absolute Gasteiger partial charge is 0.494 e. The Morgan fingerprint density at radius 1 is 1.33 bits per heavy atom. The van der Waals surface area contributed by atoms with Crippen molar-refractivity contribution in [2.24, 2.45) is 0 Å². The van der Waals surface area contributed by atoms with Crippen molar-refractivity contribution in [1.82, 2.24) is 15.3 Å². The van der Waals surface area contributed by atoms with E-state index < -0.39 is 0 Å². The predicted octanol–water partition coefficient (Wildman–Crippen LogP) is 2.47. The van der Waals surface area contributed by atoms with Gasteiger partial charge in [0.15, 0.2) is 5.01 Å². The number of methoxy groups -OCH3 is 1. The molecule has 1 saturated heterocycles. The zero-order valence-electron chi connectivity index (χ0n) is 15.0. The molecule has 4 rings (SSSR count). The van der Waals surface area contributed by atoms with Gasteiger partial charge in [-0.05, 0) is 23.8 Å². The number of pyridine rings is 1. The Balaban J connectivity index is 1.62. The Hall–Kier alpha value is -2.71. The van der Waals surface area contributed by atoms with Crippen molar-refractivity contribution in [3.05, 3.63) is 47.2 Å². The highest BCUT2D eigenvalue weighted by molar-refractivity contribution is 7.21. The summed E-state index contributed by atoms with van der Waals surface area (Å²) in [4.78, 5) is 23.5. The number of nitrogens with one attached hydrogen (secondary N) is 1. The molecule has 1 aliphatic rings. The molecule has 7 nitrogen and oxygen atoms in total. The Morgan fingerprint density at radius 3 is 2.93 bits per heavy atom. The van der Waals surface area contributed by atoms with Crippen molar-refractivity contribution in [2.45, 2.75) is 6.54 Å². The average Bonchev–Trinajstić information content (AvgIpc) is 3.18. The van der Waals surface area contributed by atoms with Crippen LogP contribution in [0.25, 0.3) is 10.2 Å². The number of aromatic nitrogens is 2. The van der Waals surface area contributed by atoms with E-state index in [0.29, 0.717) is 30.5 Å². The summed E-state index contributed by atoms with van der Waals surface area (Å²) < 4.78 is 11.9. The van der Waals surface area contributed by atoms with E-state index in [4.69, 9.17) is 9.47 Å². The van der Waals surface area contributed by atoms with Crippen LogP contribution in [0.4, 0.5) is 5.69 Å². The van der Waals surface area contributed by atoms with E-state index in [1.54, 1.807) is 19.5 Å². The Kier molecular flexibility index (Phi) is 5.17. The molecule has 140 valence electrons. The van der Waals surface area contributed by atoms with Crippen molar-refractivity contribution < 1.29 is 14.3 Å². The molecule has 0 radical (unpaired) electrons. The summed E-state index contributed by atoms with van der Waals surface area (Å²) in [7, 11) is 1.62. The van der Waals surface area contributed by atoms with Crippen LogP contribution in [0.3, 0.4) is 0 Å². The standard InChI is InChI=1S/C19H20N4O3S/c1-25-15-5-4-14(23-7-9-26-10-8-23)17-16(15)22-19(27-17)18(24)21-12-13-3-2-6-20-11-13/h2-6,11H,7-10,12H2,1H3,(H,21,24). The number of carbonyl (C=O) groups is 1. The van der Waals surface area contributed by atoms with Gasteiger partial charge in [-0.15, -0.1) is 11.3 Å². The van der Waals surface area contributed by atoms with Crippen molar-refractivity contribution in [2.75, 3.05) is 38.3 Å². The molecule has 1 N–H and O–H groups in total. The number of anilines is 1. The zero-order chi connectivity index (χ0) is 18.6. The summed E-state index contributed by atoms with van der Waals surface area (Å²) >= 11 is 1.39. The second kappa shape index (κ2) is 7.89. The monoisotopic (exact) mass is 384 g/mol. The maximum absolute atomic E-state index is 12.6. The third-order valence-electron chi connectivity index (χ3n) is 4.43. The SMILES string of the molecule is COc1ccc(N2CCOCC2)c2sc(C(=O)NCc3cccnc3)nc12. The van der Waals surface area contributed by atoms with Gasteiger partial charge in [0.25, 0.3) is 5.91 Å². The van der Waals surface area contributed by atoms with Gasteiger partial charge < -0.3 is 19.7 Å². The van der Waals surface area contributed by atoms with Gasteiger partial charge in [-0.25, -0.2) is 4.98 Å². The number of amides is 1. The van der Waals surface area contributed by atoms with Crippen LogP contribution in [0.2, 0.25) is 0 Å². The molecule has 0 unspecified atom stereocenters. The summed E-state index contributed by atoms with van der Waals surface area (Å²) in [5, 5.41) is 3.33. The van der Waals surface area contributed by atoms with Gasteiger partial charge in [-0.2, -0.15) is 0 Å². The van der Waals surface area contributed by atoms with Gasteiger partial charge in [-0.3, -0.25) is 9.78 Å². The fraction of sp³-hybridized carbons (Fsp3) is 0.316. The number of rotatable bonds is 5. The molecule has 1 fully saturated rings. The minimum atomic E-state index is -0.199. The first kappa shape index (κ1) is 17.7. The number of morpholine rings is 1. The summed E-state index contributed by atoms with van der Waals surface area (Å²) in [6.45, 7) is 3.45. The topological polar surface area (TPSA) is 76.6 Å². The summed E-state index contributed by atoms with van der Waals surface area (Å²) in [6, 6.07) is 7.70. The number of carbonyl (C=O) groups excluding carboxylic acids is 1. The van der Waals surface area contributed by atoms with Crippen LogP contribution in [0.15, 0.2) is 36.7 Å². The van der Waals surface area contributed by atoms with E-state index in [1.807, 2.05) is 24.3 Å². The molecule has 1 aliphatic heterocycles. The molecular formula is C19H20N4O3S. The van der Waals surface area contributed by atoms with Crippen LogP contribution in [0.5, 0.6) is 5.75 Å². The molecule has 3 aromatic rings. The van der Waals surface area contributed by atoms with E-state index in [-0.39, 0.29) is 5.91 Å². The second-order valence-electron chi connectivity index (χ2n) is 6.13. The summed E-state index contributed by atoms with van der Waals surface area (Å²) in [5.41, 5.74) is 2.73. The number of nitrogens with zero attached hydrogens (tertiary/aromatic N) is 3. The lowest BCUT2D eigenvalue weighted by Crippen LogP contribution is -2.36. The van der Waals surface area contributed by atoms with E-state index in [2.05, 4.69) is 20.2 Å². The number of ether oxygens (including phenoxy) is 2. The van der Waals surface area contributed by atoms with Crippen molar-refractivity contribution in [1.29, 1.82) is 0 Å². The highest BCUT2D eigenvalue weighted by atomic mass is 32.1. The third kappa shape index (κ3) is 3.72. The summed E-state index contributed by atoms with van der Waals surface area (Å²) in [6.07, 6.45) is 3.44. The molecule has 3 heterocycles. The van der Waals surface area contributed by atoms with Crippen LogP contribution < -0.4 is 15.0 Å². The van der Waals surface area contributed by atoms with E-state index in [1.165, 1.54) is 11.3 Å². The minimum Gasteiger partial charge on any atom is -0.494 e. The van der Waals surface area contributed by atoms with Crippen LogP contribution in [0, 0.1) is 0 Å². The van der Waals surface area contributed by atoms with Crippen molar-refractivity contribution >= 4 is 33.1 Å². The molecule has 1 aromatic carbocycles. The minimum absolute atomic E-state index is 0.199.